The van der Waals surface area contributed by atoms with Crippen LogP contribution in [0.2, 0.25) is 30.1 Å². The number of hydrogen-bond acceptors (Lipinski definition) is 0. The van der Waals surface area contributed by atoms with Gasteiger partial charge in [0.1, 0.15) is 0 Å². The standard InChI is InChI=1S/C8H13Si.2CH3.Ti/c1-9(2,3)8-6-4-5-7-8;;;/h4,6H,5H2,1-3H3;2*1H3;. The summed E-state index contributed by atoms with van der Waals surface area (Å²) in [5.41, 5.74) is 0. The molecule has 2 heteroatoms. The normalized spacial score (nSPS) is 17.4. The molecule has 0 amide bonds. The van der Waals surface area contributed by atoms with Gasteiger partial charge >= 0.3 is 83.7 Å². The topological polar surface area (TPSA) is 0 Å². The molecule has 67 valence electrons. The van der Waals surface area contributed by atoms with E-state index in [1.54, 1.807) is 5.20 Å². The fourth-order valence-electron chi connectivity index (χ4n) is 1.68. The van der Waals surface area contributed by atoms with Gasteiger partial charge in [-0.1, -0.05) is 0 Å². The van der Waals surface area contributed by atoms with Gasteiger partial charge in [0.15, 0.2) is 0 Å². The van der Waals surface area contributed by atoms with Crippen LogP contribution >= 0.6 is 0 Å². The molecule has 0 fully saturated rings. The fraction of sp³-hybridized carbons (Fsp3) is 0.600. The first-order valence-electron chi connectivity index (χ1n) is 4.63. The monoisotopic (exact) mass is 215 g/mol. The Balaban J connectivity index is 2.98. The summed E-state index contributed by atoms with van der Waals surface area (Å²) in [5, 5.41) is 6.72. The average molecular weight is 215 g/mol. The summed E-state index contributed by atoms with van der Waals surface area (Å²) in [4.78, 5) is 0. The Hall–Kier alpha value is 0.411. The predicted octanol–water partition coefficient (Wildman–Crippen LogP) is 3.79. The maximum atomic E-state index is 2.47. The van der Waals surface area contributed by atoms with E-state index in [4.69, 9.17) is 0 Å². The van der Waals surface area contributed by atoms with Crippen molar-refractivity contribution in [2.45, 2.75) is 36.5 Å². The minimum atomic E-state index is -1.02. The second-order valence-corrected chi connectivity index (χ2v) is 13.9. The van der Waals surface area contributed by atoms with Crippen LogP contribution in [0.25, 0.3) is 0 Å². The molecule has 0 saturated carbocycles. The summed E-state index contributed by atoms with van der Waals surface area (Å²) in [6, 6.07) is 0. The molecular weight excluding hydrogens is 196 g/mol. The van der Waals surface area contributed by atoms with Gasteiger partial charge in [-0.15, -0.1) is 0 Å². The van der Waals surface area contributed by atoms with Crippen LogP contribution in [0, 0.1) is 0 Å². The molecule has 0 N–H and O–H groups in total. The van der Waals surface area contributed by atoms with Crippen molar-refractivity contribution in [2.24, 2.45) is 0 Å². The molecule has 0 aliphatic heterocycles. The van der Waals surface area contributed by atoms with Gasteiger partial charge in [-0.05, 0) is 0 Å². The summed E-state index contributed by atoms with van der Waals surface area (Å²) < 4.78 is 1.86. The van der Waals surface area contributed by atoms with Crippen molar-refractivity contribution in [3.8, 4) is 0 Å². The van der Waals surface area contributed by atoms with E-state index in [1.165, 1.54) is 6.42 Å². The summed E-state index contributed by atoms with van der Waals surface area (Å²) in [6.45, 7) is 7.37. The van der Waals surface area contributed by atoms with Gasteiger partial charge in [-0.3, -0.25) is 0 Å². The first-order valence-corrected chi connectivity index (χ1v) is 12.0. The van der Waals surface area contributed by atoms with E-state index in [0.29, 0.717) is 0 Å². The first-order chi connectivity index (χ1) is 5.43. The molecule has 0 bridgehead atoms. The molecule has 0 radical (unpaired) electrons. The van der Waals surface area contributed by atoms with E-state index in [2.05, 4.69) is 42.2 Å². The van der Waals surface area contributed by atoms with Crippen molar-refractivity contribution >= 4 is 8.07 Å². The van der Waals surface area contributed by atoms with E-state index in [0.717, 1.165) is 0 Å². The van der Waals surface area contributed by atoms with Crippen LogP contribution in [0.5, 0.6) is 0 Å². The van der Waals surface area contributed by atoms with Crippen LogP contribution in [-0.2, 0) is 17.9 Å². The third-order valence-electron chi connectivity index (χ3n) is 2.34. The minimum absolute atomic E-state index is 0.782. The predicted molar refractivity (Wildman–Crippen MR) is 55.9 cm³/mol. The van der Waals surface area contributed by atoms with Gasteiger partial charge in [0.05, 0.1) is 0 Å². The second-order valence-electron chi connectivity index (χ2n) is 4.75. The number of hydrogen-bond donors (Lipinski definition) is 0. The quantitative estimate of drug-likeness (QED) is 0.615. The van der Waals surface area contributed by atoms with Crippen LogP contribution in [0.1, 0.15) is 6.42 Å². The van der Waals surface area contributed by atoms with E-state index in [9.17, 15) is 0 Å². The second kappa shape index (κ2) is 3.65. The van der Waals surface area contributed by atoms with E-state index < -0.39 is 25.9 Å². The Kier molecular flexibility index (Phi) is 3.19. The molecular formula is C10H19SiTi. The van der Waals surface area contributed by atoms with Gasteiger partial charge in [-0.25, -0.2) is 0 Å². The maximum absolute atomic E-state index is 2.47. The number of allylic oxidation sites excluding steroid dienone is 4. The van der Waals surface area contributed by atoms with Crippen molar-refractivity contribution < 1.29 is 17.9 Å². The summed E-state index contributed by atoms with van der Waals surface area (Å²) >= 11 is -0.782. The molecule has 0 aromatic rings. The van der Waals surface area contributed by atoms with E-state index >= 15 is 0 Å². The zero-order valence-corrected chi connectivity index (χ0v) is 11.4. The molecule has 12 heavy (non-hydrogen) atoms. The molecule has 0 heterocycles. The molecule has 1 rings (SSSR count). The van der Waals surface area contributed by atoms with Crippen molar-refractivity contribution in [2.75, 3.05) is 0 Å². The molecule has 0 nitrogen and oxygen atoms in total. The Labute approximate surface area is 83.6 Å². The molecule has 0 spiro atoms. The van der Waals surface area contributed by atoms with Crippen molar-refractivity contribution in [1.29, 1.82) is 0 Å². The summed E-state index contributed by atoms with van der Waals surface area (Å²) in [5.74, 6) is 0. The molecule has 0 aromatic carbocycles. The first kappa shape index (κ1) is 10.5. The van der Waals surface area contributed by atoms with Gasteiger partial charge in [0.25, 0.3) is 0 Å². The Bertz CT molecular complexity index is 231. The van der Waals surface area contributed by atoms with Gasteiger partial charge < -0.3 is 0 Å². The summed E-state index contributed by atoms with van der Waals surface area (Å²) in [6.07, 6.45) is 6.05. The van der Waals surface area contributed by atoms with Crippen LogP contribution in [0.15, 0.2) is 21.2 Å². The summed E-state index contributed by atoms with van der Waals surface area (Å²) in [7, 11) is -1.02. The molecule has 0 atom stereocenters. The van der Waals surface area contributed by atoms with Crippen LogP contribution < -0.4 is 0 Å². The van der Waals surface area contributed by atoms with Crippen LogP contribution in [0.3, 0.4) is 0 Å². The van der Waals surface area contributed by atoms with Crippen molar-refractivity contribution in [3.63, 3.8) is 0 Å². The molecule has 0 unspecified atom stereocenters. The van der Waals surface area contributed by atoms with Crippen molar-refractivity contribution in [1.82, 2.24) is 0 Å². The van der Waals surface area contributed by atoms with Crippen molar-refractivity contribution in [3.05, 3.63) is 21.2 Å². The molecule has 0 saturated heterocycles. The van der Waals surface area contributed by atoms with E-state index in [-0.39, 0.29) is 0 Å². The number of rotatable bonds is 2. The fourth-order valence-corrected chi connectivity index (χ4v) is 7.89. The Morgan fingerprint density at radius 3 is 2.17 bits per heavy atom. The third-order valence-corrected chi connectivity index (χ3v) is 7.44. The average Bonchev–Trinajstić information content (AvgIpc) is 2.30. The van der Waals surface area contributed by atoms with Gasteiger partial charge in [-0.2, -0.15) is 0 Å². The van der Waals surface area contributed by atoms with Crippen LogP contribution in [-0.4, -0.2) is 8.07 Å². The Morgan fingerprint density at radius 2 is 1.83 bits per heavy atom. The van der Waals surface area contributed by atoms with Gasteiger partial charge in [0.2, 0.25) is 0 Å². The molecule has 0 aromatic heterocycles. The molecule has 1 aliphatic carbocycles. The zero-order valence-electron chi connectivity index (χ0n) is 8.86. The van der Waals surface area contributed by atoms with E-state index in [1.807, 2.05) is 3.88 Å². The third kappa shape index (κ3) is 2.21. The SMILES string of the molecule is [CH3][Ti]([CH3])[C]1=C([Si](C)(C)C)C=CC1. The van der Waals surface area contributed by atoms with Crippen LogP contribution in [0.4, 0.5) is 0 Å². The Morgan fingerprint density at radius 1 is 1.25 bits per heavy atom. The zero-order chi connectivity index (χ0) is 9.35. The van der Waals surface area contributed by atoms with Gasteiger partial charge in [0, 0.05) is 0 Å². The molecule has 1 aliphatic rings.